The van der Waals surface area contributed by atoms with Crippen LogP contribution in [-0.2, 0) is 17.6 Å². The summed E-state index contributed by atoms with van der Waals surface area (Å²) in [5.41, 5.74) is 6.26. The van der Waals surface area contributed by atoms with Crippen LogP contribution < -0.4 is 5.32 Å². The molecule has 42 heavy (non-hydrogen) atoms. The molecular weight excluding hydrogens is 528 g/mol. The predicted molar refractivity (Wildman–Crippen MR) is 165 cm³/mol. The molecule has 9 nitrogen and oxygen atoms in total. The number of imidazole rings is 1. The lowest BCUT2D eigenvalue weighted by Crippen LogP contribution is -2.31. The molecule has 1 saturated heterocycles. The van der Waals surface area contributed by atoms with Crippen molar-refractivity contribution >= 4 is 28.7 Å². The van der Waals surface area contributed by atoms with Gasteiger partial charge in [0.05, 0.1) is 28.2 Å². The lowest BCUT2D eigenvalue weighted by atomic mass is 9.90. The number of aryl methyl sites for hydroxylation is 1. The number of nitrogens with zero attached hydrogens (tertiary/aromatic N) is 4. The maximum absolute atomic E-state index is 13.4. The average Bonchev–Trinajstić information content (AvgIpc) is 3.63. The van der Waals surface area contributed by atoms with Gasteiger partial charge in [-0.05, 0) is 67.2 Å². The highest BCUT2D eigenvalue weighted by Gasteiger charge is 2.36. The number of carbonyl (C=O) groups is 1. The zero-order valence-corrected chi connectivity index (χ0v) is 23.7. The lowest BCUT2D eigenvalue weighted by Gasteiger charge is -2.26. The topological polar surface area (TPSA) is 117 Å². The summed E-state index contributed by atoms with van der Waals surface area (Å²) in [6.45, 7) is 5.41. The molecule has 4 aromatic rings. The number of fused-ring (bicyclic) bond motifs is 1. The minimum Gasteiger partial charge on any atom is -0.342 e. The number of likely N-dealkylation sites (tertiary alicyclic amines) is 1. The van der Waals surface area contributed by atoms with E-state index in [1.807, 2.05) is 42.6 Å². The highest BCUT2D eigenvalue weighted by atomic mass is 16.6. The number of nitrogens with one attached hydrogen (secondary N) is 2. The minimum atomic E-state index is -0.779. The third-order valence-electron chi connectivity index (χ3n) is 8.16. The van der Waals surface area contributed by atoms with E-state index in [0.29, 0.717) is 22.6 Å². The Morgan fingerprint density at radius 3 is 2.50 bits per heavy atom. The quantitative estimate of drug-likeness (QED) is 0.138. The van der Waals surface area contributed by atoms with E-state index in [1.54, 1.807) is 6.07 Å². The molecule has 0 bridgehead atoms. The van der Waals surface area contributed by atoms with Crippen LogP contribution in [0.1, 0.15) is 54.6 Å². The zero-order chi connectivity index (χ0) is 29.1. The highest BCUT2D eigenvalue weighted by Crippen LogP contribution is 2.38. The second-order valence-corrected chi connectivity index (χ2v) is 10.9. The standard InChI is InChI=1S/C33H34N6O3/c1-2-30-34-21-29(36-30)23-10-12-25(13-11-23)35-32(31-27-20-26(39(41)42)14-15-28(27)37-33(31)40)24-8-6-22(7-9-24)16-19-38-17-4-3-5-18-38/h6-15,20-21,31H,2-5,16-19H2,1H3,(H,34,36)(H,37,40). The molecule has 0 spiro atoms. The Morgan fingerprint density at radius 2 is 1.81 bits per heavy atom. The summed E-state index contributed by atoms with van der Waals surface area (Å²) in [7, 11) is 0. The van der Waals surface area contributed by atoms with Crippen LogP contribution >= 0.6 is 0 Å². The van der Waals surface area contributed by atoms with Gasteiger partial charge >= 0.3 is 0 Å². The minimum absolute atomic E-state index is 0.0574. The molecule has 1 atom stereocenters. The normalized spacial score (nSPS) is 17.2. The van der Waals surface area contributed by atoms with E-state index in [-0.39, 0.29) is 11.6 Å². The maximum Gasteiger partial charge on any atom is 0.269 e. The molecule has 3 heterocycles. The van der Waals surface area contributed by atoms with Crippen LogP contribution in [0.4, 0.5) is 17.1 Å². The molecule has 214 valence electrons. The van der Waals surface area contributed by atoms with Gasteiger partial charge in [0, 0.05) is 36.3 Å². The van der Waals surface area contributed by atoms with Crippen molar-refractivity contribution in [3.63, 3.8) is 0 Å². The Kier molecular flexibility index (Phi) is 7.92. The molecule has 2 aliphatic rings. The van der Waals surface area contributed by atoms with Crippen molar-refractivity contribution < 1.29 is 9.72 Å². The van der Waals surface area contributed by atoms with Crippen LogP contribution in [0, 0.1) is 10.1 Å². The van der Waals surface area contributed by atoms with Crippen molar-refractivity contribution in [2.75, 3.05) is 25.0 Å². The van der Waals surface area contributed by atoms with Crippen molar-refractivity contribution in [3.8, 4) is 11.3 Å². The first kappa shape index (κ1) is 27.5. The van der Waals surface area contributed by atoms with E-state index >= 15 is 0 Å². The molecule has 9 heteroatoms. The van der Waals surface area contributed by atoms with Gasteiger partial charge in [0.1, 0.15) is 11.7 Å². The second-order valence-electron chi connectivity index (χ2n) is 10.9. The molecule has 1 fully saturated rings. The van der Waals surface area contributed by atoms with Crippen LogP contribution in [0.3, 0.4) is 0 Å². The van der Waals surface area contributed by atoms with Gasteiger partial charge in [-0.15, -0.1) is 0 Å². The second kappa shape index (κ2) is 12.1. The number of benzene rings is 3. The first-order valence-electron chi connectivity index (χ1n) is 14.6. The van der Waals surface area contributed by atoms with Crippen LogP contribution in [0.2, 0.25) is 0 Å². The summed E-state index contributed by atoms with van der Waals surface area (Å²) in [5.74, 6) is -0.105. The largest absolute Gasteiger partial charge is 0.342 e. The molecule has 6 rings (SSSR count). The van der Waals surface area contributed by atoms with Gasteiger partial charge in [-0.2, -0.15) is 0 Å². The third-order valence-corrected chi connectivity index (χ3v) is 8.16. The summed E-state index contributed by atoms with van der Waals surface area (Å²) in [6, 6.07) is 20.5. The van der Waals surface area contributed by atoms with E-state index in [9.17, 15) is 14.9 Å². The third kappa shape index (κ3) is 5.87. The predicted octanol–water partition coefficient (Wildman–Crippen LogP) is 6.43. The molecule has 1 unspecified atom stereocenters. The summed E-state index contributed by atoms with van der Waals surface area (Å²) < 4.78 is 0. The Bertz CT molecular complexity index is 1620. The van der Waals surface area contributed by atoms with Gasteiger partial charge in [-0.3, -0.25) is 19.9 Å². The molecule has 2 aliphatic heterocycles. The Labute approximate surface area is 244 Å². The van der Waals surface area contributed by atoms with Crippen molar-refractivity contribution in [1.82, 2.24) is 14.9 Å². The SMILES string of the molecule is CCc1ncc(-c2ccc(N=C(c3ccc(CCN4CCCCC4)cc3)C3C(=O)Nc4ccc([N+](=O)[O-])cc43)cc2)[nH]1. The zero-order valence-electron chi connectivity index (χ0n) is 23.7. The molecule has 2 N–H and O–H groups in total. The number of aliphatic imine (C=N–C) groups is 1. The number of hydrogen-bond acceptors (Lipinski definition) is 6. The monoisotopic (exact) mass is 562 g/mol. The molecular formula is C33H34N6O3. The number of rotatable bonds is 9. The van der Waals surface area contributed by atoms with Crippen molar-refractivity contribution in [2.24, 2.45) is 4.99 Å². The number of carbonyl (C=O) groups excluding carboxylic acids is 1. The van der Waals surface area contributed by atoms with Gasteiger partial charge in [0.2, 0.25) is 5.91 Å². The van der Waals surface area contributed by atoms with Gasteiger partial charge in [0.25, 0.3) is 5.69 Å². The van der Waals surface area contributed by atoms with Crippen molar-refractivity contribution in [1.29, 1.82) is 0 Å². The number of H-pyrrole nitrogens is 1. The number of nitro benzene ring substituents is 1. The van der Waals surface area contributed by atoms with E-state index in [1.165, 1.54) is 37.0 Å². The molecule has 0 radical (unpaired) electrons. The van der Waals surface area contributed by atoms with Gasteiger partial charge in [0.15, 0.2) is 0 Å². The number of piperidine rings is 1. The summed E-state index contributed by atoms with van der Waals surface area (Å²) in [5, 5.41) is 14.5. The van der Waals surface area contributed by atoms with Gasteiger partial charge in [-0.25, -0.2) is 4.98 Å². The smallest absolute Gasteiger partial charge is 0.269 e. The van der Waals surface area contributed by atoms with E-state index in [0.717, 1.165) is 55.1 Å². The molecule has 0 saturated carbocycles. The summed E-state index contributed by atoms with van der Waals surface area (Å²) in [6.07, 6.45) is 7.46. The van der Waals surface area contributed by atoms with Crippen LogP contribution in [0.5, 0.6) is 0 Å². The summed E-state index contributed by atoms with van der Waals surface area (Å²) in [4.78, 5) is 39.7. The number of hydrogen-bond donors (Lipinski definition) is 2. The fourth-order valence-electron chi connectivity index (χ4n) is 5.79. The fourth-order valence-corrected chi connectivity index (χ4v) is 5.79. The van der Waals surface area contributed by atoms with Gasteiger partial charge in [-0.1, -0.05) is 49.7 Å². The molecule has 3 aromatic carbocycles. The van der Waals surface area contributed by atoms with Crippen LogP contribution in [0.25, 0.3) is 11.3 Å². The van der Waals surface area contributed by atoms with E-state index in [2.05, 4.69) is 39.2 Å². The highest BCUT2D eigenvalue weighted by molar-refractivity contribution is 6.24. The first-order chi connectivity index (χ1) is 20.5. The fraction of sp³-hybridized carbons (Fsp3) is 0.303. The van der Waals surface area contributed by atoms with Gasteiger partial charge < -0.3 is 15.2 Å². The molecule has 0 aliphatic carbocycles. The Hall–Kier alpha value is -4.63. The first-order valence-corrected chi connectivity index (χ1v) is 14.6. The average molecular weight is 563 g/mol. The van der Waals surface area contributed by atoms with Crippen molar-refractivity contribution in [3.05, 3.63) is 106 Å². The number of amides is 1. The summed E-state index contributed by atoms with van der Waals surface area (Å²) >= 11 is 0. The number of aromatic amines is 1. The van der Waals surface area contributed by atoms with Crippen LogP contribution in [0.15, 0.2) is 77.9 Å². The number of nitro groups is 1. The number of non-ortho nitro benzene ring substituents is 1. The molecule has 1 aromatic heterocycles. The Morgan fingerprint density at radius 1 is 1.05 bits per heavy atom. The van der Waals surface area contributed by atoms with E-state index < -0.39 is 10.8 Å². The number of anilines is 1. The van der Waals surface area contributed by atoms with Crippen LogP contribution in [-0.4, -0.2) is 51.0 Å². The van der Waals surface area contributed by atoms with E-state index in [4.69, 9.17) is 4.99 Å². The maximum atomic E-state index is 13.4. The van der Waals surface area contributed by atoms with Crippen molar-refractivity contribution in [2.45, 2.75) is 44.9 Å². The Balaban J connectivity index is 1.34. The lowest BCUT2D eigenvalue weighted by molar-refractivity contribution is -0.384. The number of aromatic nitrogens is 2. The molecule has 1 amide bonds.